The Morgan fingerprint density at radius 1 is 0.944 bits per heavy atom. The number of rotatable bonds is 5. The van der Waals surface area contributed by atoms with Crippen molar-refractivity contribution in [2.75, 3.05) is 13.2 Å². The van der Waals surface area contributed by atoms with Gasteiger partial charge in [-0.2, -0.15) is 26.3 Å². The van der Waals surface area contributed by atoms with Crippen molar-refractivity contribution in [3.63, 3.8) is 0 Å². The van der Waals surface area contributed by atoms with Crippen LogP contribution in [0.2, 0.25) is 0 Å². The molecule has 2 aromatic carbocycles. The lowest BCUT2D eigenvalue weighted by Crippen LogP contribution is -2.57. The fraction of sp³-hybridized carbons (Fsp3) is 0.440. The number of amides is 2. The first-order chi connectivity index (χ1) is 16.7. The lowest BCUT2D eigenvalue weighted by molar-refractivity contribution is -0.143. The van der Waals surface area contributed by atoms with E-state index in [1.54, 1.807) is 18.2 Å². The van der Waals surface area contributed by atoms with Gasteiger partial charge in [-0.1, -0.05) is 30.3 Å². The van der Waals surface area contributed by atoms with E-state index in [0.717, 1.165) is 5.56 Å². The highest BCUT2D eigenvalue weighted by Gasteiger charge is 2.52. The SMILES string of the molecule is CC(OCC1(c2ccccc2)CCC2(CN1)CC(=O)NC2=O)c1cc(C(F)(F)F)cc(C(F)(F)F)c1. The highest BCUT2D eigenvalue weighted by atomic mass is 19.4. The van der Waals surface area contributed by atoms with Crippen molar-refractivity contribution in [3.8, 4) is 0 Å². The molecule has 2 aromatic rings. The number of ether oxygens (including phenoxy) is 1. The number of imide groups is 1. The average molecular weight is 514 g/mol. The Balaban J connectivity index is 1.59. The maximum Gasteiger partial charge on any atom is 0.416 e. The van der Waals surface area contributed by atoms with Crippen LogP contribution in [0.25, 0.3) is 0 Å². The van der Waals surface area contributed by atoms with Crippen molar-refractivity contribution < 1.29 is 40.7 Å². The summed E-state index contributed by atoms with van der Waals surface area (Å²) in [5.41, 5.74) is -4.04. The molecule has 2 heterocycles. The maximum atomic E-state index is 13.3. The van der Waals surface area contributed by atoms with Gasteiger partial charge in [0.05, 0.1) is 34.8 Å². The lowest BCUT2D eigenvalue weighted by atomic mass is 9.71. The van der Waals surface area contributed by atoms with Gasteiger partial charge in [0.2, 0.25) is 11.8 Å². The minimum atomic E-state index is -4.96. The summed E-state index contributed by atoms with van der Waals surface area (Å²) in [6.07, 6.45) is -10.2. The van der Waals surface area contributed by atoms with Gasteiger partial charge in [-0.05, 0) is 49.1 Å². The molecule has 4 rings (SSSR count). The largest absolute Gasteiger partial charge is 0.416 e. The quantitative estimate of drug-likeness (QED) is 0.430. The number of nitrogens with one attached hydrogen (secondary N) is 2. The van der Waals surface area contributed by atoms with Crippen molar-refractivity contribution in [3.05, 3.63) is 70.8 Å². The van der Waals surface area contributed by atoms with Crippen LogP contribution in [-0.2, 0) is 32.2 Å². The summed E-state index contributed by atoms with van der Waals surface area (Å²) < 4.78 is 85.6. The molecule has 2 aliphatic rings. The predicted molar refractivity (Wildman–Crippen MR) is 116 cm³/mol. The van der Waals surface area contributed by atoms with Crippen molar-refractivity contribution >= 4 is 11.8 Å². The standard InChI is InChI=1S/C25H24F6N2O3/c1-15(16-9-18(24(26,27)28)11-19(10-16)25(29,30)31)36-14-23(17-5-3-2-4-6-17)8-7-22(13-32-23)12-20(34)33-21(22)35/h2-6,9-11,15,32H,7-8,12-14H2,1H3,(H,33,34,35). The second-order valence-corrected chi connectivity index (χ2v) is 9.43. The molecule has 2 N–H and O–H groups in total. The fourth-order valence-corrected chi connectivity index (χ4v) is 4.79. The number of carbonyl (C=O) groups is 2. The molecular weight excluding hydrogens is 490 g/mol. The number of benzene rings is 2. The van der Waals surface area contributed by atoms with Crippen LogP contribution >= 0.6 is 0 Å². The molecule has 0 aliphatic carbocycles. The van der Waals surface area contributed by atoms with Crippen LogP contribution in [-0.4, -0.2) is 25.0 Å². The number of hydrogen-bond donors (Lipinski definition) is 2. The summed E-state index contributed by atoms with van der Waals surface area (Å²) in [7, 11) is 0. The summed E-state index contributed by atoms with van der Waals surface area (Å²) in [6.45, 7) is 1.47. The zero-order valence-electron chi connectivity index (χ0n) is 19.2. The van der Waals surface area contributed by atoms with E-state index in [-0.39, 0.29) is 43.0 Å². The predicted octanol–water partition coefficient (Wildman–Crippen LogP) is 5.11. The number of halogens is 6. The molecule has 3 unspecified atom stereocenters. The van der Waals surface area contributed by atoms with Gasteiger partial charge in [0.15, 0.2) is 0 Å². The molecule has 0 radical (unpaired) electrons. The van der Waals surface area contributed by atoms with Gasteiger partial charge in [-0.25, -0.2) is 0 Å². The summed E-state index contributed by atoms with van der Waals surface area (Å²) >= 11 is 0. The monoisotopic (exact) mass is 514 g/mol. The van der Waals surface area contributed by atoms with E-state index in [4.69, 9.17) is 4.74 Å². The maximum absolute atomic E-state index is 13.3. The van der Waals surface area contributed by atoms with E-state index in [0.29, 0.717) is 25.0 Å². The minimum absolute atomic E-state index is 0.0470. The van der Waals surface area contributed by atoms with Crippen LogP contribution < -0.4 is 10.6 Å². The third kappa shape index (κ3) is 5.12. The minimum Gasteiger partial charge on any atom is -0.372 e. The van der Waals surface area contributed by atoms with Crippen LogP contribution in [0.5, 0.6) is 0 Å². The smallest absolute Gasteiger partial charge is 0.372 e. The molecule has 0 aromatic heterocycles. The van der Waals surface area contributed by atoms with E-state index in [1.807, 2.05) is 12.1 Å². The molecule has 0 bridgehead atoms. The van der Waals surface area contributed by atoms with Gasteiger partial charge in [-0.15, -0.1) is 0 Å². The van der Waals surface area contributed by atoms with Crippen molar-refractivity contribution in [1.82, 2.24) is 10.6 Å². The zero-order valence-corrected chi connectivity index (χ0v) is 19.2. The van der Waals surface area contributed by atoms with Crippen molar-refractivity contribution in [2.24, 2.45) is 5.41 Å². The van der Waals surface area contributed by atoms with Crippen molar-refractivity contribution in [1.29, 1.82) is 0 Å². The molecule has 36 heavy (non-hydrogen) atoms. The van der Waals surface area contributed by atoms with Gasteiger partial charge >= 0.3 is 12.4 Å². The number of alkyl halides is 6. The highest BCUT2D eigenvalue weighted by molar-refractivity contribution is 6.06. The Bertz CT molecular complexity index is 1110. The number of piperidine rings is 1. The van der Waals surface area contributed by atoms with E-state index >= 15 is 0 Å². The van der Waals surface area contributed by atoms with Crippen LogP contribution in [0.1, 0.15) is 54.5 Å². The molecule has 5 nitrogen and oxygen atoms in total. The van der Waals surface area contributed by atoms with Gasteiger partial charge in [0.1, 0.15) is 0 Å². The second-order valence-electron chi connectivity index (χ2n) is 9.43. The molecule has 2 fully saturated rings. The molecule has 11 heteroatoms. The lowest BCUT2D eigenvalue weighted by Gasteiger charge is -2.45. The van der Waals surface area contributed by atoms with Gasteiger partial charge in [0.25, 0.3) is 0 Å². The topological polar surface area (TPSA) is 67.4 Å². The molecule has 1 spiro atoms. The summed E-state index contributed by atoms with van der Waals surface area (Å²) in [5, 5.41) is 5.63. The highest BCUT2D eigenvalue weighted by Crippen LogP contribution is 2.43. The molecule has 2 saturated heterocycles. The molecular formula is C25H24F6N2O3. The van der Waals surface area contributed by atoms with Gasteiger partial charge < -0.3 is 10.1 Å². The van der Waals surface area contributed by atoms with Gasteiger partial charge in [-0.3, -0.25) is 14.9 Å². The first-order valence-corrected chi connectivity index (χ1v) is 11.3. The van der Waals surface area contributed by atoms with E-state index in [9.17, 15) is 35.9 Å². The van der Waals surface area contributed by atoms with Gasteiger partial charge in [0, 0.05) is 13.0 Å². The first-order valence-electron chi connectivity index (χ1n) is 11.3. The Morgan fingerprint density at radius 2 is 1.56 bits per heavy atom. The van der Waals surface area contributed by atoms with Crippen molar-refractivity contribution in [2.45, 2.75) is 50.2 Å². The van der Waals surface area contributed by atoms with Crippen LogP contribution in [0.4, 0.5) is 26.3 Å². The Hall–Kier alpha value is -2.92. The van der Waals surface area contributed by atoms with E-state index in [2.05, 4.69) is 10.6 Å². The number of carbonyl (C=O) groups excluding carboxylic acids is 2. The zero-order chi connectivity index (χ0) is 26.4. The molecule has 0 saturated carbocycles. The molecule has 194 valence electrons. The third-order valence-electron chi connectivity index (χ3n) is 7.01. The first kappa shape index (κ1) is 26.2. The van der Waals surface area contributed by atoms with Crippen LogP contribution in [0.3, 0.4) is 0 Å². The number of hydrogen-bond acceptors (Lipinski definition) is 4. The second kappa shape index (κ2) is 9.19. The molecule has 3 atom stereocenters. The fourth-order valence-electron chi connectivity index (χ4n) is 4.79. The molecule has 2 aliphatic heterocycles. The normalized spacial score (nSPS) is 25.8. The Morgan fingerprint density at radius 3 is 2.03 bits per heavy atom. The summed E-state index contributed by atoms with van der Waals surface area (Å²) in [4.78, 5) is 24.2. The third-order valence-corrected chi connectivity index (χ3v) is 7.01. The van der Waals surface area contributed by atoms with E-state index in [1.165, 1.54) is 6.92 Å². The Labute approximate surface area is 203 Å². The molecule has 2 amide bonds. The Kier molecular flexibility index (Phi) is 6.67. The summed E-state index contributed by atoms with van der Waals surface area (Å²) in [6, 6.07) is 10.4. The van der Waals surface area contributed by atoms with Crippen LogP contribution in [0.15, 0.2) is 48.5 Å². The van der Waals surface area contributed by atoms with Crippen LogP contribution in [0, 0.1) is 5.41 Å². The summed E-state index contributed by atoms with van der Waals surface area (Å²) in [5.74, 6) is -0.719. The van der Waals surface area contributed by atoms with E-state index < -0.39 is 40.5 Å². The average Bonchev–Trinajstić information content (AvgIpc) is 3.10.